The highest BCUT2D eigenvalue weighted by Crippen LogP contribution is 2.31. The van der Waals surface area contributed by atoms with Crippen LogP contribution >= 0.6 is 0 Å². The lowest BCUT2D eigenvalue weighted by atomic mass is 10.3. The van der Waals surface area contributed by atoms with Crippen LogP contribution in [-0.4, -0.2) is 31.9 Å². The van der Waals surface area contributed by atoms with Crippen molar-refractivity contribution >= 4 is 10.0 Å². The van der Waals surface area contributed by atoms with Crippen molar-refractivity contribution < 1.29 is 13.2 Å². The molecule has 110 valence electrons. The van der Waals surface area contributed by atoms with E-state index in [1.807, 2.05) is 0 Å². The predicted molar refractivity (Wildman–Crippen MR) is 77.3 cm³/mol. The van der Waals surface area contributed by atoms with E-state index in [2.05, 4.69) is 0 Å². The highest BCUT2D eigenvalue weighted by molar-refractivity contribution is 7.89. The molecule has 2 saturated carbocycles. The van der Waals surface area contributed by atoms with Gasteiger partial charge in [0.05, 0.1) is 11.0 Å². The molecule has 5 heteroatoms. The van der Waals surface area contributed by atoms with Crippen LogP contribution < -0.4 is 4.74 Å². The highest BCUT2D eigenvalue weighted by atomic mass is 32.2. The SMILES string of the molecule is CN(C1CC1)S(=O)(=O)c1ccc(OC2CCCC2)cc1. The third-order valence-corrected chi connectivity index (χ3v) is 6.09. The van der Waals surface area contributed by atoms with Crippen molar-refractivity contribution in [2.45, 2.75) is 55.6 Å². The maximum Gasteiger partial charge on any atom is 0.243 e. The molecule has 0 spiro atoms. The summed E-state index contributed by atoms with van der Waals surface area (Å²) in [5.74, 6) is 0.768. The first kappa shape index (κ1) is 13.9. The quantitative estimate of drug-likeness (QED) is 0.839. The first-order valence-corrected chi connectivity index (χ1v) is 8.76. The minimum absolute atomic E-state index is 0.189. The Hall–Kier alpha value is -1.07. The van der Waals surface area contributed by atoms with Gasteiger partial charge in [-0.05, 0) is 62.8 Å². The van der Waals surface area contributed by atoms with E-state index in [0.29, 0.717) is 11.0 Å². The van der Waals surface area contributed by atoms with Crippen molar-refractivity contribution in [3.05, 3.63) is 24.3 Å². The number of ether oxygens (including phenoxy) is 1. The minimum atomic E-state index is -3.34. The molecule has 0 N–H and O–H groups in total. The molecule has 2 aliphatic carbocycles. The van der Waals surface area contributed by atoms with Crippen molar-refractivity contribution in [2.24, 2.45) is 0 Å². The summed E-state index contributed by atoms with van der Waals surface area (Å²) in [7, 11) is -1.68. The Bertz CT molecular complexity index is 557. The van der Waals surface area contributed by atoms with Crippen LogP contribution in [0, 0.1) is 0 Å². The van der Waals surface area contributed by atoms with Gasteiger partial charge in [0.25, 0.3) is 0 Å². The second-order valence-electron chi connectivity index (χ2n) is 5.75. The molecule has 0 aromatic heterocycles. The van der Waals surface area contributed by atoms with Gasteiger partial charge in [-0.3, -0.25) is 0 Å². The van der Waals surface area contributed by atoms with Crippen molar-refractivity contribution in [3.8, 4) is 5.75 Å². The molecule has 0 radical (unpaired) electrons. The summed E-state index contributed by atoms with van der Waals surface area (Å²) in [5.41, 5.74) is 0. The van der Waals surface area contributed by atoms with Gasteiger partial charge in [0.1, 0.15) is 5.75 Å². The van der Waals surface area contributed by atoms with Gasteiger partial charge in [0.15, 0.2) is 0 Å². The molecule has 2 aliphatic rings. The van der Waals surface area contributed by atoms with E-state index in [4.69, 9.17) is 4.74 Å². The van der Waals surface area contributed by atoms with Crippen LogP contribution in [0.4, 0.5) is 0 Å². The van der Waals surface area contributed by atoms with Gasteiger partial charge in [0.2, 0.25) is 10.0 Å². The van der Waals surface area contributed by atoms with Gasteiger partial charge in [-0.25, -0.2) is 8.42 Å². The van der Waals surface area contributed by atoms with Crippen LogP contribution in [0.2, 0.25) is 0 Å². The summed E-state index contributed by atoms with van der Waals surface area (Å²) in [6.07, 6.45) is 6.89. The van der Waals surface area contributed by atoms with Crippen LogP contribution in [0.5, 0.6) is 5.75 Å². The lowest BCUT2D eigenvalue weighted by Crippen LogP contribution is -2.28. The Kier molecular flexibility index (Phi) is 3.73. The molecule has 4 nitrogen and oxygen atoms in total. The van der Waals surface area contributed by atoms with Crippen LogP contribution in [0.15, 0.2) is 29.2 Å². The molecule has 0 unspecified atom stereocenters. The zero-order valence-electron chi connectivity index (χ0n) is 11.8. The zero-order valence-corrected chi connectivity index (χ0v) is 12.6. The summed E-state index contributed by atoms with van der Waals surface area (Å²) < 4.78 is 32.0. The Balaban J connectivity index is 1.71. The second-order valence-corrected chi connectivity index (χ2v) is 7.75. The Morgan fingerprint density at radius 3 is 2.20 bits per heavy atom. The standard InChI is InChI=1S/C15H21NO3S/c1-16(12-6-7-12)20(17,18)15-10-8-14(9-11-15)19-13-4-2-3-5-13/h8-13H,2-7H2,1H3. The van der Waals surface area contributed by atoms with E-state index in [1.54, 1.807) is 31.3 Å². The largest absolute Gasteiger partial charge is 0.490 e. The number of benzene rings is 1. The zero-order chi connectivity index (χ0) is 14.2. The van der Waals surface area contributed by atoms with Crippen LogP contribution in [-0.2, 0) is 10.0 Å². The first-order valence-electron chi connectivity index (χ1n) is 7.32. The summed E-state index contributed by atoms with van der Waals surface area (Å²) in [6.45, 7) is 0. The molecule has 1 aromatic rings. The number of nitrogens with zero attached hydrogens (tertiary/aromatic N) is 1. The minimum Gasteiger partial charge on any atom is -0.490 e. The van der Waals surface area contributed by atoms with E-state index in [9.17, 15) is 8.42 Å². The number of hydrogen-bond acceptors (Lipinski definition) is 3. The van der Waals surface area contributed by atoms with Crippen molar-refractivity contribution in [1.29, 1.82) is 0 Å². The molecule has 0 heterocycles. The topological polar surface area (TPSA) is 46.6 Å². The number of hydrogen-bond donors (Lipinski definition) is 0. The van der Waals surface area contributed by atoms with E-state index >= 15 is 0 Å². The summed E-state index contributed by atoms with van der Waals surface area (Å²) in [6, 6.07) is 7.03. The summed E-state index contributed by atoms with van der Waals surface area (Å²) in [4.78, 5) is 0.352. The fraction of sp³-hybridized carbons (Fsp3) is 0.600. The third-order valence-electron chi connectivity index (χ3n) is 4.17. The van der Waals surface area contributed by atoms with Gasteiger partial charge >= 0.3 is 0 Å². The highest BCUT2D eigenvalue weighted by Gasteiger charge is 2.34. The third kappa shape index (κ3) is 2.83. The van der Waals surface area contributed by atoms with Crippen molar-refractivity contribution in [2.75, 3.05) is 7.05 Å². The Morgan fingerprint density at radius 2 is 1.65 bits per heavy atom. The summed E-state index contributed by atoms with van der Waals surface area (Å²) >= 11 is 0. The lowest BCUT2D eigenvalue weighted by Gasteiger charge is -2.17. The van der Waals surface area contributed by atoms with Crippen molar-refractivity contribution in [3.63, 3.8) is 0 Å². The molecule has 0 bridgehead atoms. The lowest BCUT2D eigenvalue weighted by molar-refractivity contribution is 0.210. The molecule has 20 heavy (non-hydrogen) atoms. The fourth-order valence-corrected chi connectivity index (χ4v) is 4.11. The van der Waals surface area contributed by atoms with Crippen LogP contribution in [0.25, 0.3) is 0 Å². The molecule has 3 rings (SSSR count). The molecule has 0 aliphatic heterocycles. The first-order chi connectivity index (χ1) is 9.57. The fourth-order valence-electron chi connectivity index (χ4n) is 2.69. The number of rotatable bonds is 5. The molecule has 0 atom stereocenters. The molecule has 0 saturated heterocycles. The average Bonchev–Trinajstić information content (AvgIpc) is 3.17. The van der Waals surface area contributed by atoms with E-state index in [1.165, 1.54) is 17.1 Å². The average molecular weight is 295 g/mol. The predicted octanol–water partition coefficient (Wildman–Crippen LogP) is 2.79. The monoisotopic (exact) mass is 295 g/mol. The van der Waals surface area contributed by atoms with Gasteiger partial charge in [-0.2, -0.15) is 4.31 Å². The van der Waals surface area contributed by atoms with Gasteiger partial charge in [-0.15, -0.1) is 0 Å². The summed E-state index contributed by atoms with van der Waals surface area (Å²) in [5, 5.41) is 0. The molecule has 0 amide bonds. The van der Waals surface area contributed by atoms with Crippen LogP contribution in [0.3, 0.4) is 0 Å². The van der Waals surface area contributed by atoms with E-state index < -0.39 is 10.0 Å². The maximum atomic E-state index is 12.4. The number of sulfonamides is 1. The van der Waals surface area contributed by atoms with Crippen molar-refractivity contribution in [1.82, 2.24) is 4.31 Å². The molecule has 2 fully saturated rings. The normalized spacial score (nSPS) is 20.5. The van der Waals surface area contributed by atoms with Gasteiger partial charge < -0.3 is 4.74 Å². The van der Waals surface area contributed by atoms with E-state index in [0.717, 1.165) is 31.4 Å². The van der Waals surface area contributed by atoms with E-state index in [-0.39, 0.29) is 6.04 Å². The Labute approximate surface area is 120 Å². The Morgan fingerprint density at radius 1 is 1.05 bits per heavy atom. The smallest absolute Gasteiger partial charge is 0.243 e. The maximum absolute atomic E-state index is 12.4. The molecule has 1 aromatic carbocycles. The molecular weight excluding hydrogens is 274 g/mol. The van der Waals surface area contributed by atoms with Crippen LogP contribution in [0.1, 0.15) is 38.5 Å². The van der Waals surface area contributed by atoms with Gasteiger partial charge in [0, 0.05) is 13.1 Å². The second kappa shape index (κ2) is 5.37. The molecular formula is C15H21NO3S. The van der Waals surface area contributed by atoms with Gasteiger partial charge in [-0.1, -0.05) is 0 Å².